The molecule has 5 atom stereocenters. The van der Waals surface area contributed by atoms with Crippen molar-refractivity contribution in [2.75, 3.05) is 18.0 Å². The summed E-state index contributed by atoms with van der Waals surface area (Å²) >= 11 is 0. The van der Waals surface area contributed by atoms with Crippen molar-refractivity contribution in [3.05, 3.63) is 39.4 Å². The second-order valence-corrected chi connectivity index (χ2v) is 9.74. The van der Waals surface area contributed by atoms with Crippen LogP contribution < -0.4 is 16.1 Å². The van der Waals surface area contributed by atoms with Crippen molar-refractivity contribution in [2.24, 2.45) is 17.1 Å². The number of nitrogens with zero attached hydrogens (tertiary/aromatic N) is 2. The number of anilines is 1. The van der Waals surface area contributed by atoms with E-state index in [0.29, 0.717) is 35.8 Å². The summed E-state index contributed by atoms with van der Waals surface area (Å²) in [5.74, 6) is -1.35. The Morgan fingerprint density at radius 3 is 2.70 bits per heavy atom. The number of hydrogen-bond acceptors (Lipinski definition) is 4. The van der Waals surface area contributed by atoms with Gasteiger partial charge in [0.1, 0.15) is 17.6 Å². The molecule has 30 heavy (non-hydrogen) atoms. The highest BCUT2D eigenvalue weighted by Gasteiger charge is 2.72. The van der Waals surface area contributed by atoms with Crippen LogP contribution in [0.5, 0.6) is 0 Å². The number of aryl methyl sites for hydroxylation is 1. The number of pyridine rings is 1. The van der Waals surface area contributed by atoms with Crippen molar-refractivity contribution in [1.29, 1.82) is 0 Å². The monoisotopic (exact) mass is 415 g/mol. The SMILES string of the molecule is Cc1c(N2CC3(N)CCC4CC43C2)c(F)cc2c(=O)c(C(=O)O)cn([C@@H]3C[C@@H]3F)c12. The maximum atomic E-state index is 15.4. The summed E-state index contributed by atoms with van der Waals surface area (Å²) < 4.78 is 30.8. The first-order valence-corrected chi connectivity index (χ1v) is 10.5. The lowest BCUT2D eigenvalue weighted by molar-refractivity contribution is 0.0694. The number of alkyl halides is 1. The molecule has 1 aromatic carbocycles. The van der Waals surface area contributed by atoms with Gasteiger partial charge in [-0.2, -0.15) is 0 Å². The molecule has 2 heterocycles. The van der Waals surface area contributed by atoms with Crippen LogP contribution in [0, 0.1) is 24.1 Å². The molecule has 8 heteroatoms. The van der Waals surface area contributed by atoms with Crippen LogP contribution in [0.15, 0.2) is 17.1 Å². The highest BCUT2D eigenvalue weighted by molar-refractivity contribution is 5.95. The minimum Gasteiger partial charge on any atom is -0.477 e. The maximum Gasteiger partial charge on any atom is 0.341 e. The van der Waals surface area contributed by atoms with Crippen LogP contribution >= 0.6 is 0 Å². The lowest BCUT2D eigenvalue weighted by Gasteiger charge is -2.27. The second-order valence-electron chi connectivity index (χ2n) is 9.74. The number of aromatic carboxylic acids is 1. The molecule has 1 saturated heterocycles. The molecular weight excluding hydrogens is 392 g/mol. The van der Waals surface area contributed by atoms with Crippen LogP contribution in [-0.2, 0) is 0 Å². The smallest absolute Gasteiger partial charge is 0.341 e. The van der Waals surface area contributed by atoms with Gasteiger partial charge < -0.3 is 20.3 Å². The zero-order valence-corrected chi connectivity index (χ0v) is 16.6. The molecule has 158 valence electrons. The fourth-order valence-corrected chi connectivity index (χ4v) is 6.44. The molecule has 1 aromatic heterocycles. The highest BCUT2D eigenvalue weighted by Crippen LogP contribution is 2.70. The predicted molar refractivity (Wildman–Crippen MR) is 107 cm³/mol. The Morgan fingerprint density at radius 2 is 2.10 bits per heavy atom. The average molecular weight is 415 g/mol. The van der Waals surface area contributed by atoms with Crippen LogP contribution in [0.25, 0.3) is 10.9 Å². The summed E-state index contributed by atoms with van der Waals surface area (Å²) in [6.45, 7) is 2.97. The highest BCUT2D eigenvalue weighted by atomic mass is 19.1. The minimum atomic E-state index is -1.40. The van der Waals surface area contributed by atoms with Crippen molar-refractivity contribution in [2.45, 2.75) is 50.4 Å². The Kier molecular flexibility index (Phi) is 3.30. The van der Waals surface area contributed by atoms with Gasteiger partial charge in [-0.15, -0.1) is 0 Å². The van der Waals surface area contributed by atoms with E-state index in [0.717, 1.165) is 25.3 Å². The first-order chi connectivity index (χ1) is 14.2. The number of rotatable bonds is 3. The van der Waals surface area contributed by atoms with Crippen LogP contribution in [-0.4, -0.2) is 40.4 Å². The Bertz CT molecular complexity index is 1200. The normalized spacial score (nSPS) is 36.1. The van der Waals surface area contributed by atoms with Gasteiger partial charge in [0.15, 0.2) is 0 Å². The fraction of sp³-hybridized carbons (Fsp3) is 0.545. The molecule has 3 aliphatic carbocycles. The first-order valence-electron chi connectivity index (χ1n) is 10.5. The Hall–Kier alpha value is -2.48. The Balaban J connectivity index is 1.56. The molecule has 4 fully saturated rings. The number of aromatic nitrogens is 1. The van der Waals surface area contributed by atoms with Gasteiger partial charge in [0.2, 0.25) is 5.43 Å². The van der Waals surface area contributed by atoms with Crippen molar-refractivity contribution in [3.63, 3.8) is 0 Å². The van der Waals surface area contributed by atoms with Crippen molar-refractivity contribution < 1.29 is 18.7 Å². The number of nitrogens with two attached hydrogens (primary N) is 1. The predicted octanol–water partition coefficient (Wildman–Crippen LogP) is 2.75. The molecular formula is C22H23F2N3O3. The topological polar surface area (TPSA) is 88.6 Å². The van der Waals surface area contributed by atoms with E-state index in [4.69, 9.17) is 5.73 Å². The van der Waals surface area contributed by atoms with Crippen LogP contribution in [0.3, 0.4) is 0 Å². The minimum absolute atomic E-state index is 0.0166. The molecule has 3 N–H and O–H groups in total. The van der Waals surface area contributed by atoms with Crippen molar-refractivity contribution in [1.82, 2.24) is 4.57 Å². The molecule has 3 saturated carbocycles. The molecule has 0 radical (unpaired) electrons. The summed E-state index contributed by atoms with van der Waals surface area (Å²) in [6.07, 6.45) is 3.50. The largest absolute Gasteiger partial charge is 0.477 e. The van der Waals surface area contributed by atoms with E-state index in [2.05, 4.69) is 0 Å². The molecule has 6 nitrogen and oxygen atoms in total. The number of hydrogen-bond donors (Lipinski definition) is 2. The molecule has 1 aliphatic heterocycles. The zero-order chi connectivity index (χ0) is 21.2. The molecule has 4 aliphatic rings. The third kappa shape index (κ3) is 2.10. The average Bonchev–Trinajstić information content (AvgIpc) is 3.51. The Morgan fingerprint density at radius 1 is 1.37 bits per heavy atom. The van der Waals surface area contributed by atoms with Crippen molar-refractivity contribution >= 4 is 22.6 Å². The maximum absolute atomic E-state index is 15.4. The molecule has 6 rings (SSSR count). The standard InChI is InChI=1S/C22H23F2N3O3/c1-10-17-12(19(28)13(20(29)30)7-27(17)16-5-14(16)23)4-15(24)18(10)26-8-21-6-11(21)2-3-22(21,25)9-26/h4,7,11,14,16H,2-3,5-6,8-9,25H2,1H3,(H,29,30)/t11?,14-,16+,21?,22?/m0/s1. The fourth-order valence-electron chi connectivity index (χ4n) is 6.44. The zero-order valence-electron chi connectivity index (χ0n) is 16.6. The van der Waals surface area contributed by atoms with Gasteiger partial charge in [-0.1, -0.05) is 0 Å². The summed E-state index contributed by atoms with van der Waals surface area (Å²) in [4.78, 5) is 26.3. The third-order valence-corrected chi connectivity index (χ3v) is 8.17. The van der Waals surface area contributed by atoms with Crippen LogP contribution in [0.4, 0.5) is 14.5 Å². The van der Waals surface area contributed by atoms with Gasteiger partial charge >= 0.3 is 5.97 Å². The van der Waals surface area contributed by atoms with E-state index in [1.54, 1.807) is 6.92 Å². The van der Waals surface area contributed by atoms with Crippen LogP contribution in [0.1, 0.15) is 47.6 Å². The number of fused-ring (bicyclic) bond motifs is 1. The number of halogens is 2. The van der Waals surface area contributed by atoms with Gasteiger partial charge in [-0.25, -0.2) is 13.6 Å². The summed E-state index contributed by atoms with van der Waals surface area (Å²) in [6, 6.07) is 0.589. The molecule has 0 amide bonds. The van der Waals surface area contributed by atoms with E-state index in [9.17, 15) is 19.1 Å². The van der Waals surface area contributed by atoms with Crippen LogP contribution in [0.2, 0.25) is 0 Å². The lowest BCUT2D eigenvalue weighted by Crippen LogP contribution is -2.47. The van der Waals surface area contributed by atoms with Gasteiger partial charge in [0, 0.05) is 42.0 Å². The van der Waals surface area contributed by atoms with E-state index in [1.807, 2.05) is 4.90 Å². The quantitative estimate of drug-likeness (QED) is 0.805. The summed E-state index contributed by atoms with van der Waals surface area (Å²) in [7, 11) is 0. The van der Waals surface area contributed by atoms with Gasteiger partial charge in [0.25, 0.3) is 0 Å². The molecule has 1 spiro atoms. The molecule has 2 aromatic rings. The first kappa shape index (κ1) is 18.3. The summed E-state index contributed by atoms with van der Waals surface area (Å²) in [5, 5.41) is 9.40. The molecule has 3 unspecified atom stereocenters. The van der Waals surface area contributed by atoms with Gasteiger partial charge in [-0.05, 0) is 43.7 Å². The number of carboxylic acid groups (broad SMARTS) is 1. The molecule has 0 bridgehead atoms. The summed E-state index contributed by atoms with van der Waals surface area (Å²) in [5.41, 5.74) is 6.60. The second kappa shape index (κ2) is 5.41. The van der Waals surface area contributed by atoms with Gasteiger partial charge in [-0.3, -0.25) is 4.79 Å². The number of carbonyl (C=O) groups is 1. The van der Waals surface area contributed by atoms with Crippen molar-refractivity contribution in [3.8, 4) is 0 Å². The third-order valence-electron chi connectivity index (χ3n) is 8.17. The van der Waals surface area contributed by atoms with E-state index >= 15 is 4.39 Å². The van der Waals surface area contributed by atoms with Gasteiger partial charge in [0.05, 0.1) is 17.2 Å². The lowest BCUT2D eigenvalue weighted by atomic mass is 9.86. The number of benzene rings is 1. The van der Waals surface area contributed by atoms with E-state index < -0.39 is 35.0 Å². The van der Waals surface area contributed by atoms with E-state index in [1.165, 1.54) is 10.8 Å². The van der Waals surface area contributed by atoms with E-state index in [-0.39, 0.29) is 22.8 Å². The Labute approximate surface area is 171 Å². The number of carboxylic acids is 1.